The molecule has 0 amide bonds. The zero-order valence-electron chi connectivity index (χ0n) is 20.9. The number of aromatic nitrogens is 6. The highest BCUT2D eigenvalue weighted by molar-refractivity contribution is 8.07. The van der Waals surface area contributed by atoms with Crippen molar-refractivity contribution >= 4 is 49.3 Å². The number of rotatable bonds is 3. The maximum atomic E-state index is 15.5. The van der Waals surface area contributed by atoms with Crippen molar-refractivity contribution in [3.63, 3.8) is 0 Å². The molecule has 0 aromatic carbocycles. The van der Waals surface area contributed by atoms with E-state index in [1.54, 1.807) is 0 Å². The number of halogens is 1. The van der Waals surface area contributed by atoms with E-state index in [2.05, 4.69) is 30.2 Å². The number of H-pyrrole nitrogens is 1. The molecular formula is C20H25FN8O9P2S. The molecule has 3 unspecified atom stereocenters. The summed E-state index contributed by atoms with van der Waals surface area (Å²) in [5, 5.41) is 2.92. The summed E-state index contributed by atoms with van der Waals surface area (Å²) in [6.45, 7) is -4.81. The van der Waals surface area contributed by atoms with Crippen molar-refractivity contribution in [2.45, 2.75) is 49.6 Å². The number of hydrogen-bond donors (Lipinski definition) is 5. The number of phosphoric acid groups is 1. The standard InChI is InChI=1S/C20H25FN8O9P2S/c21-14-11(26-13-1-2-23-7-24-13)3-9-5-35-40(33,41)37-12-4-10(6-34-39(31,32)38-16(9)14)36-19(12)29-8-25-15-17(29)27-20(22)28-18(15)30/h1-2,7-12,14,16,19H,3-6H2,(H,31,32)(H,33,41)(H,23,24,26)(H3,22,27,28,30)/t9-,10?,11-,12-,14+,16-,19-,40?/m1/s1. The smallest absolute Gasteiger partial charge is 0.369 e. The van der Waals surface area contributed by atoms with E-state index >= 15 is 4.39 Å². The third kappa shape index (κ3) is 6.06. The minimum absolute atomic E-state index is 0.0227. The molecule has 41 heavy (non-hydrogen) atoms. The summed E-state index contributed by atoms with van der Waals surface area (Å²) in [5.74, 6) is -0.653. The number of nitrogens with one attached hydrogen (secondary N) is 2. The van der Waals surface area contributed by atoms with E-state index in [1.165, 1.54) is 29.5 Å². The first-order valence-electron chi connectivity index (χ1n) is 12.3. The first-order valence-corrected chi connectivity index (χ1v) is 16.4. The van der Waals surface area contributed by atoms with Crippen molar-refractivity contribution in [3.8, 4) is 0 Å². The molecule has 3 aliphatic rings. The molecule has 21 heteroatoms. The van der Waals surface area contributed by atoms with Gasteiger partial charge in [0.2, 0.25) is 5.95 Å². The number of ether oxygens (including phenoxy) is 1. The second-order valence-electron chi connectivity index (χ2n) is 9.69. The summed E-state index contributed by atoms with van der Waals surface area (Å²) in [5.41, 5.74) is 5.16. The van der Waals surface area contributed by atoms with E-state index in [9.17, 15) is 19.1 Å². The fourth-order valence-electron chi connectivity index (χ4n) is 5.14. The molecule has 3 aromatic heterocycles. The Morgan fingerprint density at radius 3 is 2.83 bits per heavy atom. The molecule has 222 valence electrons. The fourth-order valence-corrected chi connectivity index (χ4v) is 7.64. The lowest BCUT2D eigenvalue weighted by Gasteiger charge is -2.27. The predicted octanol–water partition coefficient (Wildman–Crippen LogP) is 0.752. The van der Waals surface area contributed by atoms with Crippen LogP contribution in [-0.2, 0) is 39.2 Å². The Hall–Kier alpha value is -2.44. The van der Waals surface area contributed by atoms with Gasteiger partial charge in [-0.05, 0) is 24.3 Å². The van der Waals surface area contributed by atoms with Gasteiger partial charge in [-0.25, -0.2) is 23.9 Å². The second-order valence-corrected chi connectivity index (χ2v) is 13.9. The Labute approximate surface area is 235 Å². The number of nitrogens with two attached hydrogens (primary N) is 1. The molecule has 0 radical (unpaired) electrons. The zero-order valence-corrected chi connectivity index (χ0v) is 23.5. The van der Waals surface area contributed by atoms with Crippen LogP contribution in [0.3, 0.4) is 0 Å². The average molecular weight is 634 g/mol. The van der Waals surface area contributed by atoms with E-state index in [4.69, 9.17) is 40.4 Å². The van der Waals surface area contributed by atoms with Crippen LogP contribution in [0.2, 0.25) is 0 Å². The molecular weight excluding hydrogens is 609 g/mol. The van der Waals surface area contributed by atoms with Gasteiger partial charge in [0.25, 0.3) is 5.56 Å². The Morgan fingerprint density at radius 2 is 2.05 bits per heavy atom. The minimum atomic E-state index is -4.81. The quantitative estimate of drug-likeness (QED) is 0.250. The van der Waals surface area contributed by atoms with Crippen molar-refractivity contribution < 1.29 is 41.6 Å². The number of alkyl halides is 1. The number of nitrogen functional groups attached to an aromatic ring is 1. The van der Waals surface area contributed by atoms with E-state index in [1.807, 2.05) is 0 Å². The normalized spacial score (nSPS) is 38.1. The van der Waals surface area contributed by atoms with Gasteiger partial charge in [-0.1, -0.05) is 0 Å². The SMILES string of the molecule is Nc1nc2c(ncn2[C@@H]2OC3COP(=O)(O)O[C@@H]4[C@@H](COP(O)(=S)O[C@@H]2C3)C[C@@H](Nc2ccncn2)[C@@H]4F)c(=O)[nH]1. The molecule has 2 bridgehead atoms. The average Bonchev–Trinajstić information content (AvgIpc) is 3.58. The number of phosphoric ester groups is 1. The summed E-state index contributed by atoms with van der Waals surface area (Å²) in [6, 6.07) is 0.658. The lowest BCUT2D eigenvalue weighted by Crippen LogP contribution is -2.34. The Kier molecular flexibility index (Phi) is 7.69. The number of hydrogen-bond acceptors (Lipinski definition) is 14. The maximum absolute atomic E-state index is 15.5. The largest absolute Gasteiger partial charge is 0.472 e. The van der Waals surface area contributed by atoms with Crippen LogP contribution in [0, 0.1) is 5.92 Å². The van der Waals surface area contributed by atoms with Crippen molar-refractivity contribution in [3.05, 3.63) is 35.3 Å². The van der Waals surface area contributed by atoms with Gasteiger partial charge in [0.05, 0.1) is 31.7 Å². The highest BCUT2D eigenvalue weighted by Crippen LogP contribution is 2.54. The number of anilines is 2. The van der Waals surface area contributed by atoms with Gasteiger partial charge in [0.15, 0.2) is 17.4 Å². The van der Waals surface area contributed by atoms with Gasteiger partial charge in [-0.3, -0.25) is 23.4 Å². The molecule has 1 saturated carbocycles. The Balaban J connectivity index is 1.27. The van der Waals surface area contributed by atoms with Gasteiger partial charge in [-0.15, -0.1) is 0 Å². The number of nitrogens with zero attached hydrogens (tertiary/aromatic N) is 5. The van der Waals surface area contributed by atoms with Crippen LogP contribution in [-0.4, -0.2) is 83.0 Å². The van der Waals surface area contributed by atoms with Gasteiger partial charge in [0, 0.05) is 18.5 Å². The summed E-state index contributed by atoms with van der Waals surface area (Å²) >= 11 is 5.26. The third-order valence-electron chi connectivity index (χ3n) is 6.90. The highest BCUT2D eigenvalue weighted by atomic mass is 32.5. The number of aromatic amines is 1. The first kappa shape index (κ1) is 28.7. The molecule has 17 nitrogen and oxygen atoms in total. The van der Waals surface area contributed by atoms with Crippen LogP contribution >= 0.6 is 14.5 Å². The molecule has 5 heterocycles. The Morgan fingerprint density at radius 1 is 1.22 bits per heavy atom. The van der Waals surface area contributed by atoms with Crippen molar-refractivity contribution in [2.75, 3.05) is 24.3 Å². The van der Waals surface area contributed by atoms with Crippen LogP contribution in [0.4, 0.5) is 16.2 Å². The van der Waals surface area contributed by atoms with Crippen LogP contribution in [0.1, 0.15) is 19.1 Å². The summed E-state index contributed by atoms with van der Waals surface area (Å²) in [7, 11) is -4.81. The van der Waals surface area contributed by atoms with Crippen LogP contribution in [0.25, 0.3) is 11.2 Å². The van der Waals surface area contributed by atoms with Gasteiger partial charge in [0.1, 0.15) is 30.5 Å². The van der Waals surface area contributed by atoms with E-state index < -0.39 is 69.4 Å². The monoisotopic (exact) mass is 634 g/mol. The molecule has 0 spiro atoms. The molecule has 3 aromatic rings. The third-order valence-corrected chi connectivity index (χ3v) is 9.48. The molecule has 1 aliphatic carbocycles. The topological polar surface area (TPSA) is 231 Å². The molecule has 6 rings (SSSR count). The number of fused-ring (bicyclic) bond motifs is 4. The first-order chi connectivity index (χ1) is 19.5. The predicted molar refractivity (Wildman–Crippen MR) is 142 cm³/mol. The lowest BCUT2D eigenvalue weighted by atomic mass is 10.1. The van der Waals surface area contributed by atoms with Crippen LogP contribution in [0.15, 0.2) is 29.7 Å². The van der Waals surface area contributed by atoms with Gasteiger partial charge >= 0.3 is 14.5 Å². The maximum Gasteiger partial charge on any atom is 0.472 e. The molecule has 2 saturated heterocycles. The minimum Gasteiger partial charge on any atom is -0.369 e. The summed E-state index contributed by atoms with van der Waals surface area (Å²) in [4.78, 5) is 52.0. The summed E-state index contributed by atoms with van der Waals surface area (Å²) < 4.78 is 57.7. The molecule has 6 N–H and O–H groups in total. The van der Waals surface area contributed by atoms with Crippen LogP contribution in [0.5, 0.6) is 0 Å². The van der Waals surface area contributed by atoms with Gasteiger partial charge in [-0.2, -0.15) is 4.98 Å². The zero-order chi connectivity index (χ0) is 28.9. The number of imidazole rings is 1. The van der Waals surface area contributed by atoms with Crippen molar-refractivity contribution in [1.29, 1.82) is 0 Å². The molecule has 2 aliphatic heterocycles. The van der Waals surface area contributed by atoms with Gasteiger partial charge < -0.3 is 34.6 Å². The highest BCUT2D eigenvalue weighted by Gasteiger charge is 2.50. The van der Waals surface area contributed by atoms with Crippen molar-refractivity contribution in [2.24, 2.45) is 5.92 Å². The van der Waals surface area contributed by atoms with Crippen molar-refractivity contribution in [1.82, 2.24) is 29.5 Å². The van der Waals surface area contributed by atoms with Crippen LogP contribution < -0.4 is 16.6 Å². The Bertz CT molecular complexity index is 1580. The lowest BCUT2D eigenvalue weighted by molar-refractivity contribution is -0.0531. The molecule has 3 fully saturated rings. The van der Waals surface area contributed by atoms with E-state index in [0.29, 0.717) is 5.82 Å². The van der Waals surface area contributed by atoms with E-state index in [-0.39, 0.29) is 36.6 Å². The second kappa shape index (κ2) is 11.0. The summed E-state index contributed by atoms with van der Waals surface area (Å²) in [6.07, 6.45) is -2.02. The van der Waals surface area contributed by atoms with E-state index in [0.717, 1.165) is 0 Å². The molecule has 9 atom stereocenters. The fraction of sp³-hybridized carbons (Fsp3) is 0.550.